The van der Waals surface area contributed by atoms with Crippen LogP contribution in [0, 0.1) is 0 Å². The van der Waals surface area contributed by atoms with Gasteiger partial charge in [-0.3, -0.25) is 4.98 Å². The summed E-state index contributed by atoms with van der Waals surface area (Å²) in [6, 6.07) is 1.43. The summed E-state index contributed by atoms with van der Waals surface area (Å²) >= 11 is 0. The molecule has 18 heavy (non-hydrogen) atoms. The van der Waals surface area contributed by atoms with Crippen molar-refractivity contribution in [3.63, 3.8) is 0 Å². The fourth-order valence-electron chi connectivity index (χ4n) is 1.98. The van der Waals surface area contributed by atoms with Gasteiger partial charge >= 0.3 is 0 Å². The van der Waals surface area contributed by atoms with E-state index < -0.39 is 9.84 Å². The minimum Gasteiger partial charge on any atom is -0.396 e. The number of sulfone groups is 1. The zero-order valence-electron chi connectivity index (χ0n) is 10.2. The number of nitrogen functional groups attached to an aromatic ring is 1. The largest absolute Gasteiger partial charge is 0.396 e. The molecular weight excluding hydrogens is 254 g/mol. The molecule has 0 aliphatic carbocycles. The van der Waals surface area contributed by atoms with E-state index >= 15 is 0 Å². The lowest BCUT2D eigenvalue weighted by Crippen LogP contribution is -2.43. The number of likely N-dealkylation sites (N-methyl/N-ethyl adjacent to an activating group) is 1. The minimum atomic E-state index is -3.43. The Kier molecular flexibility index (Phi) is 3.84. The van der Waals surface area contributed by atoms with Crippen molar-refractivity contribution in [2.45, 2.75) is 11.0 Å². The van der Waals surface area contributed by atoms with E-state index in [1.807, 2.05) is 7.05 Å². The number of pyridine rings is 1. The second kappa shape index (κ2) is 5.21. The fourth-order valence-corrected chi connectivity index (χ4v) is 3.53. The van der Waals surface area contributed by atoms with Gasteiger partial charge in [-0.05, 0) is 13.1 Å². The van der Waals surface area contributed by atoms with E-state index in [0.29, 0.717) is 13.2 Å². The van der Waals surface area contributed by atoms with Crippen molar-refractivity contribution in [1.82, 2.24) is 9.88 Å². The predicted molar refractivity (Wildman–Crippen MR) is 67.9 cm³/mol. The maximum Gasteiger partial charge on any atom is 0.183 e. The van der Waals surface area contributed by atoms with Crippen molar-refractivity contribution in [3.8, 4) is 0 Å². The molecule has 2 heterocycles. The summed E-state index contributed by atoms with van der Waals surface area (Å²) in [7, 11) is -1.48. The summed E-state index contributed by atoms with van der Waals surface area (Å²) in [6.07, 6.45) is 2.47. The van der Waals surface area contributed by atoms with Crippen LogP contribution in [0.15, 0.2) is 23.4 Å². The summed E-state index contributed by atoms with van der Waals surface area (Å²) in [4.78, 5) is 5.98. The average molecular weight is 271 g/mol. The lowest BCUT2D eigenvalue weighted by molar-refractivity contribution is -0.00680. The van der Waals surface area contributed by atoms with Crippen LogP contribution in [0.25, 0.3) is 0 Å². The SMILES string of the molecule is CN1CCOC(CS(=O)(=O)c2ccncc2N)C1. The van der Waals surface area contributed by atoms with Gasteiger partial charge in [0.1, 0.15) is 0 Å². The van der Waals surface area contributed by atoms with Crippen LogP contribution in [-0.2, 0) is 14.6 Å². The van der Waals surface area contributed by atoms with Crippen molar-refractivity contribution in [3.05, 3.63) is 18.5 Å². The maximum atomic E-state index is 12.2. The van der Waals surface area contributed by atoms with Crippen LogP contribution in [0.4, 0.5) is 5.69 Å². The van der Waals surface area contributed by atoms with Crippen LogP contribution >= 0.6 is 0 Å². The Hall–Kier alpha value is -1.18. The van der Waals surface area contributed by atoms with E-state index in [2.05, 4.69) is 9.88 Å². The van der Waals surface area contributed by atoms with Gasteiger partial charge in [0.05, 0.1) is 35.2 Å². The lowest BCUT2D eigenvalue weighted by Gasteiger charge is -2.29. The van der Waals surface area contributed by atoms with Gasteiger partial charge in [-0.1, -0.05) is 0 Å². The Bertz CT molecular complexity index is 518. The molecule has 1 saturated heterocycles. The Morgan fingerprint density at radius 2 is 2.39 bits per heavy atom. The standard InChI is InChI=1S/C11H17N3O3S/c1-14-4-5-17-9(7-14)8-18(15,16)11-2-3-13-6-10(11)12/h2-3,6,9H,4-5,7-8,12H2,1H3. The van der Waals surface area contributed by atoms with Gasteiger partial charge in [-0.2, -0.15) is 0 Å². The first-order valence-corrected chi connectivity index (χ1v) is 7.36. The van der Waals surface area contributed by atoms with Crippen molar-refractivity contribution >= 4 is 15.5 Å². The number of anilines is 1. The second-order valence-corrected chi connectivity index (χ2v) is 6.45. The third kappa shape index (κ3) is 2.98. The zero-order valence-corrected chi connectivity index (χ0v) is 11.1. The quantitative estimate of drug-likeness (QED) is 0.817. The van der Waals surface area contributed by atoms with Crippen LogP contribution in [0.3, 0.4) is 0 Å². The van der Waals surface area contributed by atoms with E-state index in [1.54, 1.807) is 0 Å². The third-order valence-electron chi connectivity index (χ3n) is 2.89. The molecule has 2 rings (SSSR count). The maximum absolute atomic E-state index is 12.2. The molecule has 0 saturated carbocycles. The molecule has 0 aromatic carbocycles. The van der Waals surface area contributed by atoms with Crippen LogP contribution in [0.5, 0.6) is 0 Å². The van der Waals surface area contributed by atoms with Gasteiger partial charge in [0.15, 0.2) is 9.84 Å². The van der Waals surface area contributed by atoms with E-state index in [1.165, 1.54) is 18.5 Å². The first kappa shape index (κ1) is 13.3. The van der Waals surface area contributed by atoms with Gasteiger partial charge in [0.25, 0.3) is 0 Å². The molecule has 1 aliphatic rings. The van der Waals surface area contributed by atoms with Crippen molar-refractivity contribution < 1.29 is 13.2 Å². The van der Waals surface area contributed by atoms with Gasteiger partial charge in [-0.15, -0.1) is 0 Å². The van der Waals surface area contributed by atoms with Crippen LogP contribution in [-0.4, -0.2) is 56.9 Å². The highest BCUT2D eigenvalue weighted by atomic mass is 32.2. The van der Waals surface area contributed by atoms with E-state index in [9.17, 15) is 8.42 Å². The molecule has 0 radical (unpaired) electrons. The molecule has 0 amide bonds. The van der Waals surface area contributed by atoms with Gasteiger partial charge < -0.3 is 15.4 Å². The Labute approximate surface area is 107 Å². The van der Waals surface area contributed by atoms with Crippen LogP contribution in [0.1, 0.15) is 0 Å². The van der Waals surface area contributed by atoms with Gasteiger partial charge in [0, 0.05) is 19.3 Å². The van der Waals surface area contributed by atoms with Crippen molar-refractivity contribution in [2.75, 3.05) is 38.2 Å². The van der Waals surface area contributed by atoms with E-state index in [-0.39, 0.29) is 22.4 Å². The summed E-state index contributed by atoms with van der Waals surface area (Å²) in [5.41, 5.74) is 5.83. The van der Waals surface area contributed by atoms with Crippen molar-refractivity contribution in [2.24, 2.45) is 0 Å². The number of hydrogen-bond donors (Lipinski definition) is 1. The molecule has 6 nitrogen and oxygen atoms in total. The first-order chi connectivity index (χ1) is 8.49. The number of hydrogen-bond acceptors (Lipinski definition) is 6. The predicted octanol–water partition coefficient (Wildman–Crippen LogP) is -0.232. The number of rotatable bonds is 3. The second-order valence-electron chi connectivity index (χ2n) is 4.45. The first-order valence-electron chi connectivity index (χ1n) is 5.71. The van der Waals surface area contributed by atoms with E-state index in [4.69, 9.17) is 10.5 Å². The highest BCUT2D eigenvalue weighted by molar-refractivity contribution is 7.91. The van der Waals surface area contributed by atoms with E-state index in [0.717, 1.165) is 6.54 Å². The molecular formula is C11H17N3O3S. The molecule has 2 N–H and O–H groups in total. The zero-order chi connectivity index (χ0) is 13.2. The lowest BCUT2D eigenvalue weighted by atomic mass is 10.3. The van der Waals surface area contributed by atoms with Crippen LogP contribution in [0.2, 0.25) is 0 Å². The Balaban J connectivity index is 2.15. The molecule has 1 atom stereocenters. The minimum absolute atomic E-state index is 0.0500. The molecule has 100 valence electrons. The number of morpholine rings is 1. The molecule has 0 bridgehead atoms. The summed E-state index contributed by atoms with van der Waals surface area (Å²) in [6.45, 7) is 2.00. The number of nitrogens with two attached hydrogens (primary N) is 1. The number of nitrogens with zero attached hydrogens (tertiary/aromatic N) is 2. The third-order valence-corrected chi connectivity index (χ3v) is 4.74. The van der Waals surface area contributed by atoms with Gasteiger partial charge in [0.2, 0.25) is 0 Å². The normalized spacial score (nSPS) is 21.9. The van der Waals surface area contributed by atoms with Crippen molar-refractivity contribution in [1.29, 1.82) is 0 Å². The Morgan fingerprint density at radius 3 is 3.06 bits per heavy atom. The summed E-state index contributed by atoms with van der Waals surface area (Å²) in [5, 5.41) is 0. The molecule has 1 aliphatic heterocycles. The highest BCUT2D eigenvalue weighted by Gasteiger charge is 2.26. The number of aromatic nitrogens is 1. The summed E-state index contributed by atoms with van der Waals surface area (Å²) < 4.78 is 29.9. The molecule has 1 fully saturated rings. The Morgan fingerprint density at radius 1 is 1.61 bits per heavy atom. The molecule has 1 aromatic heterocycles. The molecule has 1 aromatic rings. The fraction of sp³-hybridized carbons (Fsp3) is 0.545. The number of ether oxygens (including phenoxy) is 1. The smallest absolute Gasteiger partial charge is 0.183 e. The van der Waals surface area contributed by atoms with Crippen LogP contribution < -0.4 is 5.73 Å². The van der Waals surface area contributed by atoms with Gasteiger partial charge in [-0.25, -0.2) is 8.42 Å². The summed E-state index contributed by atoms with van der Waals surface area (Å²) in [5.74, 6) is -0.0500. The molecule has 7 heteroatoms. The topological polar surface area (TPSA) is 85.5 Å². The highest BCUT2D eigenvalue weighted by Crippen LogP contribution is 2.19. The molecule has 1 unspecified atom stereocenters. The molecule has 0 spiro atoms. The monoisotopic (exact) mass is 271 g/mol. The average Bonchev–Trinajstić information content (AvgIpc) is 2.28.